The quantitative estimate of drug-likeness (QED) is 0.190. The van der Waals surface area contributed by atoms with Gasteiger partial charge in [0.25, 0.3) is 0 Å². The van der Waals surface area contributed by atoms with Crippen molar-refractivity contribution in [1.29, 1.82) is 0 Å². The Kier molecular flexibility index (Phi) is 18.0. The number of carbonyl (C=O) groups is 2. The van der Waals surface area contributed by atoms with Gasteiger partial charge in [-0.2, -0.15) is 0 Å². The van der Waals surface area contributed by atoms with Gasteiger partial charge in [-0.1, -0.05) is 64.5 Å². The Labute approximate surface area is 154 Å². The largest absolute Gasteiger partial charge is 0.466 e. The first-order chi connectivity index (χ1) is 12.2. The van der Waals surface area contributed by atoms with Crippen LogP contribution < -0.4 is 0 Å². The summed E-state index contributed by atoms with van der Waals surface area (Å²) in [5.41, 5.74) is 0. The molecule has 0 rings (SSSR count). The Hall–Kier alpha value is -1.32. The molecule has 0 amide bonds. The van der Waals surface area contributed by atoms with Crippen LogP contribution in [0, 0.1) is 0 Å². The zero-order valence-electron chi connectivity index (χ0n) is 16.4. The van der Waals surface area contributed by atoms with Crippen molar-refractivity contribution in [1.82, 2.24) is 0 Å². The van der Waals surface area contributed by atoms with E-state index in [4.69, 9.17) is 9.47 Å². The van der Waals surface area contributed by atoms with Gasteiger partial charge in [-0.15, -0.1) is 0 Å². The molecule has 0 aliphatic heterocycles. The van der Waals surface area contributed by atoms with E-state index in [0.717, 1.165) is 25.7 Å². The molecule has 0 radical (unpaired) electrons. The molecule has 0 saturated heterocycles. The van der Waals surface area contributed by atoms with Gasteiger partial charge in [-0.05, 0) is 32.1 Å². The van der Waals surface area contributed by atoms with Crippen LogP contribution in [-0.4, -0.2) is 25.2 Å². The third-order valence-electron chi connectivity index (χ3n) is 3.93. The van der Waals surface area contributed by atoms with E-state index in [1.54, 1.807) is 0 Å². The summed E-state index contributed by atoms with van der Waals surface area (Å²) >= 11 is 0. The Bertz CT molecular complexity index is 350. The number of carbonyl (C=O) groups excluding carboxylic acids is 2. The summed E-state index contributed by atoms with van der Waals surface area (Å²) in [6.45, 7) is 4.99. The molecule has 0 aromatic rings. The van der Waals surface area contributed by atoms with Crippen molar-refractivity contribution in [2.24, 2.45) is 0 Å². The summed E-state index contributed by atoms with van der Waals surface area (Å²) in [5.74, 6) is -0.620. The molecule has 0 N–H and O–H groups in total. The molecule has 0 saturated carbocycles. The molecule has 0 aromatic carbocycles. The molecule has 0 spiro atoms. The molecule has 0 atom stereocenters. The highest BCUT2D eigenvalue weighted by Crippen LogP contribution is 2.10. The maximum Gasteiger partial charge on any atom is 0.306 e. The fourth-order valence-corrected chi connectivity index (χ4v) is 2.46. The molecule has 0 unspecified atom stereocenters. The minimum Gasteiger partial charge on any atom is -0.466 e. The lowest BCUT2D eigenvalue weighted by Crippen LogP contribution is -2.11. The first-order valence-corrected chi connectivity index (χ1v) is 10.2. The van der Waals surface area contributed by atoms with Gasteiger partial charge in [0.1, 0.15) is 0 Å². The molecule has 146 valence electrons. The number of esters is 2. The van der Waals surface area contributed by atoms with Gasteiger partial charge < -0.3 is 9.47 Å². The standard InChI is InChI=1S/C21H38O4/c1-3-5-6-7-8-9-10-11-12-13-14-15-19-25-21(23)17-16-20(22)24-18-4-2/h5-6H,3-4,7-19H2,1-2H3/b6-5+. The molecule has 0 aliphatic rings. The summed E-state index contributed by atoms with van der Waals surface area (Å²) in [6, 6.07) is 0. The molecule has 0 aliphatic carbocycles. The maximum absolute atomic E-state index is 11.5. The van der Waals surface area contributed by atoms with Crippen LogP contribution in [0.2, 0.25) is 0 Å². The van der Waals surface area contributed by atoms with Gasteiger partial charge in [0.2, 0.25) is 0 Å². The predicted molar refractivity (Wildman–Crippen MR) is 102 cm³/mol. The molecule has 0 aromatic heterocycles. The number of ether oxygens (including phenoxy) is 2. The van der Waals surface area contributed by atoms with Crippen LogP contribution >= 0.6 is 0 Å². The molecular weight excluding hydrogens is 316 g/mol. The molecule has 0 fully saturated rings. The second-order valence-electron chi connectivity index (χ2n) is 6.44. The lowest BCUT2D eigenvalue weighted by Gasteiger charge is -2.05. The zero-order chi connectivity index (χ0) is 18.6. The van der Waals surface area contributed by atoms with Gasteiger partial charge >= 0.3 is 11.9 Å². The number of unbranched alkanes of at least 4 members (excludes halogenated alkanes) is 8. The van der Waals surface area contributed by atoms with Crippen molar-refractivity contribution in [2.45, 2.75) is 97.3 Å². The highest BCUT2D eigenvalue weighted by atomic mass is 16.5. The van der Waals surface area contributed by atoms with Crippen molar-refractivity contribution in [2.75, 3.05) is 13.2 Å². The monoisotopic (exact) mass is 354 g/mol. The highest BCUT2D eigenvalue weighted by Gasteiger charge is 2.08. The van der Waals surface area contributed by atoms with Crippen molar-refractivity contribution in [3.63, 3.8) is 0 Å². The van der Waals surface area contributed by atoms with E-state index in [2.05, 4.69) is 19.1 Å². The van der Waals surface area contributed by atoms with Gasteiger partial charge in [-0.3, -0.25) is 9.59 Å². The predicted octanol–water partition coefficient (Wildman–Crippen LogP) is 5.74. The topological polar surface area (TPSA) is 52.6 Å². The molecule has 25 heavy (non-hydrogen) atoms. The Morgan fingerprint density at radius 2 is 1.20 bits per heavy atom. The molecule has 0 heterocycles. The van der Waals surface area contributed by atoms with E-state index < -0.39 is 0 Å². The minimum absolute atomic E-state index is 0.118. The van der Waals surface area contributed by atoms with Gasteiger partial charge in [0.05, 0.1) is 26.1 Å². The van der Waals surface area contributed by atoms with Crippen molar-refractivity contribution < 1.29 is 19.1 Å². The number of hydrogen-bond acceptors (Lipinski definition) is 4. The van der Waals surface area contributed by atoms with Crippen LogP contribution in [0.3, 0.4) is 0 Å². The van der Waals surface area contributed by atoms with E-state index >= 15 is 0 Å². The highest BCUT2D eigenvalue weighted by molar-refractivity contribution is 5.77. The Morgan fingerprint density at radius 1 is 0.680 bits per heavy atom. The summed E-state index contributed by atoms with van der Waals surface area (Å²) in [5, 5.41) is 0. The van der Waals surface area contributed by atoms with Gasteiger partial charge in [0.15, 0.2) is 0 Å². The summed E-state index contributed by atoms with van der Waals surface area (Å²) in [4.78, 5) is 22.7. The molecular formula is C21H38O4. The van der Waals surface area contributed by atoms with Crippen molar-refractivity contribution in [3.8, 4) is 0 Å². The van der Waals surface area contributed by atoms with Crippen molar-refractivity contribution >= 4 is 11.9 Å². The first-order valence-electron chi connectivity index (χ1n) is 10.2. The Morgan fingerprint density at radius 3 is 1.76 bits per heavy atom. The second kappa shape index (κ2) is 19.0. The van der Waals surface area contributed by atoms with Crippen LogP contribution in [0.25, 0.3) is 0 Å². The number of rotatable bonds is 17. The molecule has 0 bridgehead atoms. The molecule has 4 heteroatoms. The van der Waals surface area contributed by atoms with Crippen LogP contribution in [-0.2, 0) is 19.1 Å². The zero-order valence-corrected chi connectivity index (χ0v) is 16.4. The van der Waals surface area contributed by atoms with Gasteiger partial charge in [-0.25, -0.2) is 0 Å². The fourth-order valence-electron chi connectivity index (χ4n) is 2.46. The van der Waals surface area contributed by atoms with Crippen LogP contribution in [0.4, 0.5) is 0 Å². The second-order valence-corrected chi connectivity index (χ2v) is 6.44. The normalized spacial score (nSPS) is 11.0. The van der Waals surface area contributed by atoms with Gasteiger partial charge in [0, 0.05) is 0 Å². The van der Waals surface area contributed by atoms with Crippen molar-refractivity contribution in [3.05, 3.63) is 12.2 Å². The minimum atomic E-state index is -0.319. The van der Waals surface area contributed by atoms with Crippen LogP contribution in [0.5, 0.6) is 0 Å². The summed E-state index contributed by atoms with van der Waals surface area (Å²) in [7, 11) is 0. The first kappa shape index (κ1) is 23.7. The lowest BCUT2D eigenvalue weighted by molar-refractivity contribution is -0.150. The smallest absolute Gasteiger partial charge is 0.306 e. The van der Waals surface area contributed by atoms with E-state index in [1.807, 2.05) is 6.92 Å². The van der Waals surface area contributed by atoms with Crippen LogP contribution in [0.15, 0.2) is 12.2 Å². The van der Waals surface area contributed by atoms with Crippen LogP contribution in [0.1, 0.15) is 97.3 Å². The van der Waals surface area contributed by atoms with E-state index in [9.17, 15) is 9.59 Å². The third-order valence-corrected chi connectivity index (χ3v) is 3.93. The maximum atomic E-state index is 11.5. The van der Waals surface area contributed by atoms with E-state index in [-0.39, 0.29) is 24.8 Å². The fraction of sp³-hybridized carbons (Fsp3) is 0.810. The van der Waals surface area contributed by atoms with E-state index in [1.165, 1.54) is 44.9 Å². The Balaban J connectivity index is 3.26. The lowest BCUT2D eigenvalue weighted by atomic mass is 10.1. The third kappa shape index (κ3) is 18.9. The number of hydrogen-bond donors (Lipinski definition) is 0. The summed E-state index contributed by atoms with van der Waals surface area (Å²) < 4.78 is 10.0. The average Bonchev–Trinajstić information content (AvgIpc) is 2.62. The SMILES string of the molecule is CC/C=C/CCCCCCCCCCOC(=O)CCC(=O)OCCC. The summed E-state index contributed by atoms with van der Waals surface area (Å²) in [6.07, 6.45) is 17.7. The molecule has 4 nitrogen and oxygen atoms in total. The van der Waals surface area contributed by atoms with E-state index in [0.29, 0.717) is 13.2 Å². The number of allylic oxidation sites excluding steroid dienone is 2. The average molecular weight is 355 g/mol.